The molecule has 1 N–H and O–H groups in total. The van der Waals surface area contributed by atoms with E-state index in [1.165, 1.54) is 6.07 Å². The van der Waals surface area contributed by atoms with E-state index in [0.717, 1.165) is 10.2 Å². The lowest BCUT2D eigenvalue weighted by Crippen LogP contribution is -2.29. The zero-order valence-electron chi connectivity index (χ0n) is 10.5. The molecule has 19 heavy (non-hydrogen) atoms. The number of benzene rings is 1. The molecule has 0 aliphatic rings. The van der Waals surface area contributed by atoms with Crippen molar-refractivity contribution in [2.75, 3.05) is 19.0 Å². The van der Waals surface area contributed by atoms with Gasteiger partial charge in [0.1, 0.15) is 0 Å². The van der Waals surface area contributed by atoms with Gasteiger partial charge in [-0.25, -0.2) is 0 Å². The summed E-state index contributed by atoms with van der Waals surface area (Å²) in [6.07, 6.45) is 1.39. The van der Waals surface area contributed by atoms with Crippen LogP contribution >= 0.6 is 15.9 Å². The third-order valence-electron chi connectivity index (χ3n) is 2.76. The molecule has 0 aliphatic heterocycles. The van der Waals surface area contributed by atoms with Crippen LogP contribution in [0.3, 0.4) is 0 Å². The van der Waals surface area contributed by atoms with Gasteiger partial charge in [0.15, 0.2) is 6.23 Å². The van der Waals surface area contributed by atoms with E-state index in [2.05, 4.69) is 21.2 Å². The highest BCUT2D eigenvalue weighted by Crippen LogP contribution is 2.15. The summed E-state index contributed by atoms with van der Waals surface area (Å²) in [6.45, 7) is 0.516. The van der Waals surface area contributed by atoms with Crippen LogP contribution in [0.25, 0.3) is 0 Å². The zero-order valence-corrected chi connectivity index (χ0v) is 12.1. The first-order chi connectivity index (χ1) is 9.20. The fourth-order valence-corrected chi connectivity index (χ4v) is 2.01. The number of rotatable bonds is 5. The van der Waals surface area contributed by atoms with Crippen molar-refractivity contribution in [1.82, 2.24) is 4.57 Å². The molecule has 0 saturated heterocycles. The number of pyridine rings is 1. The molecule has 0 amide bonds. The summed E-state index contributed by atoms with van der Waals surface area (Å²) in [4.78, 5) is 11.7. The molecule has 0 radical (unpaired) electrons. The molecule has 1 aromatic heterocycles. The predicted octanol–water partition coefficient (Wildman–Crippen LogP) is 2.87. The maximum atomic E-state index is 11.7. The van der Waals surface area contributed by atoms with Crippen molar-refractivity contribution in [3.05, 3.63) is 63.5 Å². The van der Waals surface area contributed by atoms with Crippen LogP contribution in [0.2, 0.25) is 0 Å². The highest BCUT2D eigenvalue weighted by molar-refractivity contribution is 9.10. The smallest absolute Gasteiger partial charge is 0.252 e. The van der Waals surface area contributed by atoms with Gasteiger partial charge in [0.05, 0.1) is 6.54 Å². The molecule has 1 heterocycles. The van der Waals surface area contributed by atoms with Crippen molar-refractivity contribution in [3.63, 3.8) is 0 Å². The van der Waals surface area contributed by atoms with E-state index in [0.29, 0.717) is 6.54 Å². The topological polar surface area (TPSA) is 43.3 Å². The Balaban J connectivity index is 2.06. The predicted molar refractivity (Wildman–Crippen MR) is 79.4 cm³/mol. The molecular weight excluding hydrogens is 308 g/mol. The Morgan fingerprint density at radius 3 is 2.63 bits per heavy atom. The van der Waals surface area contributed by atoms with Crippen molar-refractivity contribution in [1.29, 1.82) is 0 Å². The Morgan fingerprint density at radius 2 is 2.00 bits per heavy atom. The Morgan fingerprint density at radius 1 is 1.26 bits per heavy atom. The van der Waals surface area contributed by atoms with E-state index in [9.17, 15) is 4.79 Å². The second-order valence-corrected chi connectivity index (χ2v) is 4.94. The first kappa shape index (κ1) is 13.8. The van der Waals surface area contributed by atoms with Gasteiger partial charge in [-0.15, -0.1) is 0 Å². The molecule has 2 aromatic rings. The van der Waals surface area contributed by atoms with Crippen LogP contribution in [0.5, 0.6) is 0 Å². The number of ether oxygens (including phenoxy) is 1. The third kappa shape index (κ3) is 3.68. The number of methoxy groups -OCH3 is 1. The number of halogens is 1. The number of nitrogens with one attached hydrogen (secondary N) is 1. The van der Waals surface area contributed by atoms with Gasteiger partial charge in [-0.2, -0.15) is 0 Å². The van der Waals surface area contributed by atoms with Crippen LogP contribution < -0.4 is 10.9 Å². The van der Waals surface area contributed by atoms with E-state index in [-0.39, 0.29) is 11.8 Å². The lowest BCUT2D eigenvalue weighted by molar-refractivity contribution is 0.0523. The van der Waals surface area contributed by atoms with E-state index in [1.807, 2.05) is 30.3 Å². The molecule has 5 heteroatoms. The average Bonchev–Trinajstić information content (AvgIpc) is 2.43. The molecule has 1 aromatic carbocycles. The summed E-state index contributed by atoms with van der Waals surface area (Å²) in [5.41, 5.74) is 0.904. The second-order valence-electron chi connectivity index (χ2n) is 4.02. The van der Waals surface area contributed by atoms with E-state index in [1.54, 1.807) is 23.9 Å². The standard InChI is InChI=1S/C14H15BrN2O2/c1-19-14(17-9-3-2-4-13(17)18)10-16-12-7-5-11(15)6-8-12/h2-9,14,16H,10H2,1H3. The SMILES string of the molecule is COC(CNc1ccc(Br)cc1)n1ccccc1=O. The number of nitrogens with zero attached hydrogens (tertiary/aromatic N) is 1. The van der Waals surface area contributed by atoms with Crippen molar-refractivity contribution >= 4 is 21.6 Å². The number of aromatic nitrogens is 1. The fraction of sp³-hybridized carbons (Fsp3) is 0.214. The maximum Gasteiger partial charge on any atom is 0.252 e. The quantitative estimate of drug-likeness (QED) is 0.920. The number of hydrogen-bond donors (Lipinski definition) is 1. The van der Waals surface area contributed by atoms with Gasteiger partial charge in [-0.3, -0.25) is 9.36 Å². The van der Waals surface area contributed by atoms with Crippen molar-refractivity contribution in [2.24, 2.45) is 0 Å². The normalized spacial score (nSPS) is 12.1. The Bertz CT molecular complexity index is 580. The summed E-state index contributed by atoms with van der Waals surface area (Å²) in [5.74, 6) is 0. The second kappa shape index (κ2) is 6.54. The van der Waals surface area contributed by atoms with Gasteiger partial charge < -0.3 is 10.1 Å². The van der Waals surface area contributed by atoms with Gasteiger partial charge in [-0.1, -0.05) is 22.0 Å². The zero-order chi connectivity index (χ0) is 13.7. The number of hydrogen-bond acceptors (Lipinski definition) is 3. The van der Waals surface area contributed by atoms with Crippen LogP contribution in [0, 0.1) is 0 Å². The van der Waals surface area contributed by atoms with Crippen LogP contribution in [-0.2, 0) is 4.74 Å². The highest BCUT2D eigenvalue weighted by Gasteiger charge is 2.09. The van der Waals surface area contributed by atoms with Crippen LogP contribution in [0.15, 0.2) is 57.9 Å². The molecule has 1 unspecified atom stereocenters. The van der Waals surface area contributed by atoms with Gasteiger partial charge in [-0.05, 0) is 30.3 Å². The molecule has 0 fully saturated rings. The van der Waals surface area contributed by atoms with Gasteiger partial charge in [0.2, 0.25) is 0 Å². The molecular formula is C14H15BrN2O2. The minimum atomic E-state index is -0.336. The van der Waals surface area contributed by atoms with Crippen molar-refractivity contribution in [3.8, 4) is 0 Å². The summed E-state index contributed by atoms with van der Waals surface area (Å²) in [7, 11) is 1.59. The third-order valence-corrected chi connectivity index (χ3v) is 3.29. The molecule has 1 atom stereocenters. The van der Waals surface area contributed by atoms with E-state index in [4.69, 9.17) is 4.74 Å². The van der Waals surface area contributed by atoms with E-state index >= 15 is 0 Å². The minimum absolute atomic E-state index is 0.0769. The largest absolute Gasteiger partial charge is 0.380 e. The Hall–Kier alpha value is -1.59. The van der Waals surface area contributed by atoms with Gasteiger partial charge in [0, 0.05) is 29.5 Å². The molecule has 0 bridgehead atoms. The van der Waals surface area contributed by atoms with Crippen molar-refractivity contribution in [2.45, 2.75) is 6.23 Å². The number of anilines is 1. The Labute approximate surface area is 120 Å². The maximum absolute atomic E-state index is 11.7. The summed E-state index contributed by atoms with van der Waals surface area (Å²) in [5, 5.41) is 3.24. The van der Waals surface area contributed by atoms with E-state index < -0.39 is 0 Å². The summed E-state index contributed by atoms with van der Waals surface area (Å²) >= 11 is 3.39. The van der Waals surface area contributed by atoms with Crippen LogP contribution in [0.1, 0.15) is 6.23 Å². The summed E-state index contributed by atoms with van der Waals surface area (Å²) in [6, 6.07) is 12.9. The monoisotopic (exact) mass is 322 g/mol. The van der Waals surface area contributed by atoms with Crippen LogP contribution in [-0.4, -0.2) is 18.2 Å². The molecule has 0 saturated carbocycles. The van der Waals surface area contributed by atoms with Gasteiger partial charge >= 0.3 is 0 Å². The fourth-order valence-electron chi connectivity index (χ4n) is 1.75. The molecule has 4 nitrogen and oxygen atoms in total. The average molecular weight is 323 g/mol. The van der Waals surface area contributed by atoms with Crippen molar-refractivity contribution < 1.29 is 4.74 Å². The Kier molecular flexibility index (Phi) is 4.76. The highest BCUT2D eigenvalue weighted by atomic mass is 79.9. The molecule has 0 spiro atoms. The van der Waals surface area contributed by atoms with Gasteiger partial charge in [0.25, 0.3) is 5.56 Å². The summed E-state index contributed by atoms with van der Waals surface area (Å²) < 4.78 is 7.94. The lowest BCUT2D eigenvalue weighted by Gasteiger charge is -2.19. The first-order valence-electron chi connectivity index (χ1n) is 5.90. The molecule has 100 valence electrons. The van der Waals surface area contributed by atoms with Crippen LogP contribution in [0.4, 0.5) is 5.69 Å². The molecule has 0 aliphatic carbocycles. The minimum Gasteiger partial charge on any atom is -0.380 e. The first-order valence-corrected chi connectivity index (χ1v) is 6.69. The lowest BCUT2D eigenvalue weighted by atomic mass is 10.3. The molecule has 2 rings (SSSR count).